The molecule has 1 aromatic heterocycles. The van der Waals surface area contributed by atoms with Gasteiger partial charge < -0.3 is 0 Å². The number of fused-ring (bicyclic) bond motifs is 1. The number of hydrogen-bond donors (Lipinski definition) is 1. The van der Waals surface area contributed by atoms with Crippen LogP contribution in [-0.2, 0) is 4.79 Å². The van der Waals surface area contributed by atoms with Gasteiger partial charge >= 0.3 is 82.1 Å². The molecule has 0 atom stereocenters. The van der Waals surface area contributed by atoms with Gasteiger partial charge in [0.25, 0.3) is 0 Å². The zero-order valence-electron chi connectivity index (χ0n) is 8.03. The van der Waals surface area contributed by atoms with E-state index in [1.54, 1.807) is 6.20 Å². The SMILES string of the molecule is [B]=C1C(=O)Nc2ncc(C(C)C)nc21. The second-order valence-corrected chi connectivity index (χ2v) is 3.51. The Morgan fingerprint density at radius 3 is 2.86 bits per heavy atom. The predicted molar refractivity (Wildman–Crippen MR) is 54.6 cm³/mol. The molecule has 1 N–H and O–H groups in total. The van der Waals surface area contributed by atoms with Gasteiger partial charge in [0.05, 0.1) is 0 Å². The average molecular weight is 186 g/mol. The van der Waals surface area contributed by atoms with Gasteiger partial charge in [-0.1, -0.05) is 0 Å². The molecule has 0 saturated carbocycles. The van der Waals surface area contributed by atoms with E-state index in [9.17, 15) is 4.79 Å². The topological polar surface area (TPSA) is 54.9 Å². The number of carbonyl (C=O) groups excluding carboxylic acids is 1. The van der Waals surface area contributed by atoms with Crippen LogP contribution in [0.25, 0.3) is 0 Å². The zero-order valence-corrected chi connectivity index (χ0v) is 8.03. The Bertz CT molecular complexity index is 428. The first-order valence-corrected chi connectivity index (χ1v) is 4.40. The van der Waals surface area contributed by atoms with Gasteiger partial charge in [-0.2, -0.15) is 0 Å². The fraction of sp³-hybridized carbons (Fsp3) is 0.333. The first kappa shape index (κ1) is 9.06. The van der Waals surface area contributed by atoms with Crippen LogP contribution in [0, 0.1) is 0 Å². The summed E-state index contributed by atoms with van der Waals surface area (Å²) in [4.78, 5) is 19.5. The Balaban J connectivity index is 2.51. The van der Waals surface area contributed by atoms with Gasteiger partial charge in [-0.25, -0.2) is 0 Å². The molecule has 14 heavy (non-hydrogen) atoms. The van der Waals surface area contributed by atoms with Gasteiger partial charge in [0, 0.05) is 0 Å². The van der Waals surface area contributed by atoms with Crippen LogP contribution < -0.4 is 5.32 Å². The summed E-state index contributed by atoms with van der Waals surface area (Å²) < 4.78 is 0. The van der Waals surface area contributed by atoms with E-state index in [4.69, 9.17) is 7.49 Å². The third-order valence-electron chi connectivity index (χ3n) is 2.11. The number of amides is 1. The van der Waals surface area contributed by atoms with E-state index in [1.807, 2.05) is 13.8 Å². The normalized spacial score (nSPS) is 14.4. The molecule has 1 aliphatic rings. The van der Waals surface area contributed by atoms with Crippen LogP contribution in [0.5, 0.6) is 0 Å². The van der Waals surface area contributed by atoms with Crippen LogP contribution in [0.2, 0.25) is 0 Å². The molecule has 2 heterocycles. The molecule has 0 saturated heterocycles. The van der Waals surface area contributed by atoms with Crippen LogP contribution >= 0.6 is 0 Å². The molecule has 0 unspecified atom stereocenters. The Labute approximate surface area is 82.8 Å². The fourth-order valence-electron chi connectivity index (χ4n) is 1.24. The van der Waals surface area contributed by atoms with Crippen molar-refractivity contribution >= 4 is 24.7 Å². The van der Waals surface area contributed by atoms with Gasteiger partial charge in [-0.15, -0.1) is 0 Å². The molecular formula is C9H9BN3O. The van der Waals surface area contributed by atoms with Crippen LogP contribution in [-0.4, -0.2) is 28.8 Å². The van der Waals surface area contributed by atoms with Crippen molar-refractivity contribution in [3.8, 4) is 0 Å². The van der Waals surface area contributed by atoms with Gasteiger partial charge in [-0.3, -0.25) is 0 Å². The van der Waals surface area contributed by atoms with E-state index < -0.39 is 0 Å². The standard InChI is InChI=1S/C9H9BN3O/c1-4(2)5-3-11-8-7(12-5)6(10)9(14)13-8/h3-4H,1-2H3,(H,11,13,14). The van der Waals surface area contributed by atoms with E-state index in [-0.39, 0.29) is 17.3 Å². The maximum atomic E-state index is 11.2. The average Bonchev–Trinajstić information content (AvgIpc) is 2.43. The zero-order chi connectivity index (χ0) is 10.3. The first-order valence-electron chi connectivity index (χ1n) is 4.40. The van der Waals surface area contributed by atoms with Crippen LogP contribution in [0.3, 0.4) is 0 Å². The third kappa shape index (κ3) is 1.25. The van der Waals surface area contributed by atoms with E-state index in [0.29, 0.717) is 11.5 Å². The van der Waals surface area contributed by atoms with Gasteiger partial charge in [-0.05, 0) is 0 Å². The van der Waals surface area contributed by atoms with Gasteiger partial charge in [0.15, 0.2) is 0 Å². The summed E-state index contributed by atoms with van der Waals surface area (Å²) in [7, 11) is 5.56. The van der Waals surface area contributed by atoms with Crippen molar-refractivity contribution in [1.29, 1.82) is 0 Å². The van der Waals surface area contributed by atoms with Crippen molar-refractivity contribution in [1.82, 2.24) is 9.97 Å². The Morgan fingerprint density at radius 1 is 1.50 bits per heavy atom. The summed E-state index contributed by atoms with van der Waals surface area (Å²) in [5, 5.41) is 2.54. The minimum atomic E-state index is -0.319. The number of nitrogens with one attached hydrogen (secondary N) is 1. The van der Waals surface area contributed by atoms with Crippen molar-refractivity contribution < 1.29 is 4.79 Å². The molecule has 0 aliphatic carbocycles. The summed E-state index contributed by atoms with van der Waals surface area (Å²) in [6.07, 6.45) is 1.66. The minimum absolute atomic E-state index is 0.148. The molecule has 0 spiro atoms. The number of rotatable bonds is 1. The molecule has 5 heteroatoms. The number of nitrogens with zero attached hydrogens (tertiary/aromatic N) is 2. The van der Waals surface area contributed by atoms with Crippen LogP contribution in [0.1, 0.15) is 31.2 Å². The quantitative estimate of drug-likeness (QED) is 0.639. The van der Waals surface area contributed by atoms with E-state index in [0.717, 1.165) is 5.69 Å². The summed E-state index contributed by atoms with van der Waals surface area (Å²) in [5.74, 6) is 0.411. The van der Waals surface area contributed by atoms with Gasteiger partial charge in [0.1, 0.15) is 0 Å². The van der Waals surface area contributed by atoms with Crippen molar-refractivity contribution in [3.63, 3.8) is 0 Å². The molecule has 1 aromatic rings. The van der Waals surface area contributed by atoms with Crippen molar-refractivity contribution in [3.05, 3.63) is 17.6 Å². The molecule has 2 rings (SSSR count). The summed E-state index contributed by atoms with van der Waals surface area (Å²) >= 11 is 0. The molecule has 1 radical (unpaired) electrons. The molecule has 1 amide bonds. The van der Waals surface area contributed by atoms with E-state index in [2.05, 4.69) is 15.3 Å². The Hall–Kier alpha value is -1.52. The van der Waals surface area contributed by atoms with E-state index in [1.165, 1.54) is 0 Å². The number of carbonyl (C=O) groups is 1. The first-order chi connectivity index (χ1) is 6.59. The predicted octanol–water partition coefficient (Wildman–Crippen LogP) is 0.241. The molecule has 4 nitrogen and oxygen atoms in total. The second-order valence-electron chi connectivity index (χ2n) is 3.51. The molecule has 69 valence electrons. The Morgan fingerprint density at radius 2 is 2.21 bits per heavy atom. The fourth-order valence-corrected chi connectivity index (χ4v) is 1.24. The second kappa shape index (κ2) is 3.01. The number of hydrogen-bond acceptors (Lipinski definition) is 3. The maximum absolute atomic E-state index is 11.2. The van der Waals surface area contributed by atoms with Crippen molar-refractivity contribution in [2.45, 2.75) is 19.8 Å². The van der Waals surface area contributed by atoms with Crippen molar-refractivity contribution in [2.24, 2.45) is 0 Å². The van der Waals surface area contributed by atoms with Crippen LogP contribution in [0.4, 0.5) is 5.82 Å². The molecule has 1 aliphatic heterocycles. The summed E-state index contributed by atoms with van der Waals surface area (Å²) in [5.41, 5.74) is 1.46. The summed E-state index contributed by atoms with van der Waals surface area (Å²) in [6, 6.07) is 0. The molecular weight excluding hydrogens is 177 g/mol. The summed E-state index contributed by atoms with van der Waals surface area (Å²) in [6.45, 7) is 4.02. The third-order valence-corrected chi connectivity index (χ3v) is 2.11. The number of aromatic nitrogens is 2. The van der Waals surface area contributed by atoms with Crippen LogP contribution in [0.15, 0.2) is 6.20 Å². The van der Waals surface area contributed by atoms with Crippen molar-refractivity contribution in [2.75, 3.05) is 5.32 Å². The van der Waals surface area contributed by atoms with Gasteiger partial charge in [0.2, 0.25) is 0 Å². The monoisotopic (exact) mass is 186 g/mol. The van der Waals surface area contributed by atoms with E-state index >= 15 is 0 Å². The Kier molecular flexibility index (Phi) is 1.95. The number of anilines is 1. The molecule has 0 aromatic carbocycles. The molecule has 0 fully saturated rings. The molecule has 0 bridgehead atoms.